The average Bonchev–Trinajstić information content (AvgIpc) is 3.21. The molecule has 0 aliphatic rings. The molecular weight excluding hydrogens is 328 g/mol. The zero-order valence-electron chi connectivity index (χ0n) is 12.2. The molecule has 0 aliphatic heterocycles. The number of aromatic nitrogens is 5. The third-order valence-electron chi connectivity index (χ3n) is 3.33. The summed E-state index contributed by atoms with van der Waals surface area (Å²) in [6.45, 7) is 1.81. The molecule has 8 heteroatoms. The molecule has 0 saturated heterocycles. The largest absolute Gasteiger partial charge is 0.336 e. The van der Waals surface area contributed by atoms with Crippen molar-refractivity contribution >= 4 is 34.0 Å². The summed E-state index contributed by atoms with van der Waals surface area (Å²) in [4.78, 5) is 10.4. The molecule has 0 amide bonds. The summed E-state index contributed by atoms with van der Waals surface area (Å²) in [5.41, 5.74) is 0.896. The van der Waals surface area contributed by atoms with E-state index in [1.807, 2.05) is 48.7 Å². The Morgan fingerprint density at radius 1 is 1.09 bits per heavy atom. The van der Waals surface area contributed by atoms with E-state index in [0.29, 0.717) is 16.8 Å². The minimum Gasteiger partial charge on any atom is -0.336 e. The molecule has 6 nitrogen and oxygen atoms in total. The van der Waals surface area contributed by atoms with Gasteiger partial charge in [0.05, 0.1) is 10.4 Å². The van der Waals surface area contributed by atoms with Gasteiger partial charge >= 0.3 is 0 Å². The number of thiophene rings is 1. The Hall–Kier alpha value is -2.45. The number of para-hydroxylation sites is 1. The molecule has 4 rings (SSSR count). The van der Waals surface area contributed by atoms with Crippen molar-refractivity contribution in [2.75, 3.05) is 5.84 Å². The summed E-state index contributed by atoms with van der Waals surface area (Å²) in [5.74, 6) is 7.32. The second-order valence-electron chi connectivity index (χ2n) is 4.85. The van der Waals surface area contributed by atoms with E-state index >= 15 is 0 Å². The van der Waals surface area contributed by atoms with Crippen LogP contribution in [0.5, 0.6) is 0 Å². The van der Waals surface area contributed by atoms with E-state index < -0.39 is 0 Å². The van der Waals surface area contributed by atoms with E-state index in [2.05, 4.69) is 15.2 Å². The Balaban J connectivity index is 1.88. The van der Waals surface area contributed by atoms with Crippen LogP contribution in [0.15, 0.2) is 52.0 Å². The van der Waals surface area contributed by atoms with Gasteiger partial charge in [-0.2, -0.15) is 0 Å². The maximum absolute atomic E-state index is 5.96. The lowest BCUT2D eigenvalue weighted by Gasteiger charge is -2.07. The molecule has 4 aromatic rings. The second kappa shape index (κ2) is 5.64. The topological polar surface area (TPSA) is 82.5 Å². The number of rotatable bonds is 3. The molecule has 3 heterocycles. The minimum atomic E-state index is 0.600. The third kappa shape index (κ3) is 2.55. The zero-order chi connectivity index (χ0) is 15.8. The fraction of sp³-hybridized carbons (Fsp3) is 0.0667. The molecule has 23 heavy (non-hydrogen) atoms. The van der Waals surface area contributed by atoms with Crippen LogP contribution < -0.4 is 5.84 Å². The van der Waals surface area contributed by atoms with E-state index in [1.54, 1.807) is 11.3 Å². The van der Waals surface area contributed by atoms with Crippen molar-refractivity contribution in [3.63, 3.8) is 0 Å². The number of hydrogen-bond donors (Lipinski definition) is 1. The lowest BCUT2D eigenvalue weighted by Crippen LogP contribution is -2.11. The van der Waals surface area contributed by atoms with Gasteiger partial charge in [0.1, 0.15) is 10.9 Å². The normalized spacial score (nSPS) is 11.2. The average molecular weight is 340 g/mol. The molecule has 1 aromatic carbocycles. The Morgan fingerprint density at radius 3 is 2.70 bits per heavy atom. The lowest BCUT2D eigenvalue weighted by molar-refractivity contribution is 0.824. The van der Waals surface area contributed by atoms with Gasteiger partial charge in [-0.15, -0.1) is 21.5 Å². The molecule has 0 fully saturated rings. The highest BCUT2D eigenvalue weighted by atomic mass is 32.2. The van der Waals surface area contributed by atoms with Crippen molar-refractivity contribution in [3.05, 3.63) is 47.6 Å². The molecule has 0 radical (unpaired) electrons. The van der Waals surface area contributed by atoms with Gasteiger partial charge in [0.15, 0.2) is 5.82 Å². The smallest absolute Gasteiger partial charge is 0.216 e. The highest BCUT2D eigenvalue weighted by molar-refractivity contribution is 7.99. The van der Waals surface area contributed by atoms with Crippen LogP contribution in [-0.2, 0) is 0 Å². The van der Waals surface area contributed by atoms with E-state index in [4.69, 9.17) is 10.8 Å². The Kier molecular flexibility index (Phi) is 3.47. The second-order valence-corrected chi connectivity index (χ2v) is 6.75. The number of nitrogens with zero attached hydrogens (tertiary/aromatic N) is 5. The summed E-state index contributed by atoms with van der Waals surface area (Å²) in [6, 6.07) is 11.9. The molecule has 0 spiro atoms. The first kappa shape index (κ1) is 14.2. The summed E-state index contributed by atoms with van der Waals surface area (Å²) in [7, 11) is 0. The number of nitrogen functional groups attached to an aromatic ring is 1. The van der Waals surface area contributed by atoms with Crippen molar-refractivity contribution in [2.45, 2.75) is 17.1 Å². The minimum absolute atomic E-state index is 0.600. The molecule has 0 saturated carbocycles. The highest BCUT2D eigenvalue weighted by Gasteiger charge is 2.14. The molecule has 3 aromatic heterocycles. The molecule has 0 bridgehead atoms. The van der Waals surface area contributed by atoms with Crippen molar-refractivity contribution < 1.29 is 0 Å². The standard InChI is InChI=1S/C15H12N6S2/c1-9-19-20-15(21(9)16)23-14-10-5-2-3-6-11(10)17-13(18-14)12-7-4-8-22-12/h2-8H,16H2,1H3. The molecular formula is C15H12N6S2. The maximum Gasteiger partial charge on any atom is 0.216 e. The van der Waals surface area contributed by atoms with Gasteiger partial charge < -0.3 is 5.84 Å². The van der Waals surface area contributed by atoms with E-state index in [0.717, 1.165) is 20.8 Å². The third-order valence-corrected chi connectivity index (χ3v) is 5.16. The van der Waals surface area contributed by atoms with Crippen molar-refractivity contribution in [1.82, 2.24) is 24.8 Å². The quantitative estimate of drug-likeness (QED) is 0.456. The van der Waals surface area contributed by atoms with Crippen molar-refractivity contribution in [1.29, 1.82) is 0 Å². The molecule has 0 aliphatic carbocycles. The van der Waals surface area contributed by atoms with E-state index in [-0.39, 0.29) is 0 Å². The predicted octanol–water partition coefficient (Wildman–Crippen LogP) is 3.12. The van der Waals surface area contributed by atoms with E-state index in [1.165, 1.54) is 16.4 Å². The summed E-state index contributed by atoms with van der Waals surface area (Å²) < 4.78 is 1.46. The van der Waals surface area contributed by atoms with Gasteiger partial charge in [-0.25, -0.2) is 14.6 Å². The Labute approximate surface area is 140 Å². The zero-order valence-corrected chi connectivity index (χ0v) is 13.8. The van der Waals surface area contributed by atoms with Crippen LogP contribution in [0.25, 0.3) is 21.6 Å². The Morgan fingerprint density at radius 2 is 1.96 bits per heavy atom. The van der Waals surface area contributed by atoms with Crippen LogP contribution in [-0.4, -0.2) is 24.8 Å². The predicted molar refractivity (Wildman–Crippen MR) is 91.9 cm³/mol. The van der Waals surface area contributed by atoms with Crippen LogP contribution in [0, 0.1) is 6.92 Å². The molecule has 0 atom stereocenters. The Bertz CT molecular complexity index is 977. The maximum atomic E-state index is 5.96. The fourth-order valence-corrected chi connectivity index (χ4v) is 3.70. The first-order valence-electron chi connectivity index (χ1n) is 6.88. The fourth-order valence-electron chi connectivity index (χ4n) is 2.15. The summed E-state index contributed by atoms with van der Waals surface area (Å²) in [6.07, 6.45) is 0. The number of fused-ring (bicyclic) bond motifs is 1. The summed E-state index contributed by atoms with van der Waals surface area (Å²) >= 11 is 3.01. The van der Waals surface area contributed by atoms with E-state index in [9.17, 15) is 0 Å². The number of benzene rings is 1. The van der Waals surface area contributed by atoms with Crippen LogP contribution in [0.3, 0.4) is 0 Å². The van der Waals surface area contributed by atoms with Gasteiger partial charge in [-0.3, -0.25) is 0 Å². The van der Waals surface area contributed by atoms with Gasteiger partial charge in [-0.1, -0.05) is 24.3 Å². The van der Waals surface area contributed by atoms with Gasteiger partial charge in [0.25, 0.3) is 0 Å². The first-order chi connectivity index (χ1) is 11.2. The monoisotopic (exact) mass is 340 g/mol. The van der Waals surface area contributed by atoms with Crippen molar-refractivity contribution in [3.8, 4) is 10.7 Å². The molecule has 2 N–H and O–H groups in total. The molecule has 0 unspecified atom stereocenters. The van der Waals surface area contributed by atoms with Crippen molar-refractivity contribution in [2.24, 2.45) is 0 Å². The molecule has 114 valence electrons. The number of hydrogen-bond acceptors (Lipinski definition) is 7. The van der Waals surface area contributed by atoms with Crippen LogP contribution in [0.1, 0.15) is 5.82 Å². The van der Waals surface area contributed by atoms with Crippen LogP contribution in [0.2, 0.25) is 0 Å². The first-order valence-corrected chi connectivity index (χ1v) is 8.57. The van der Waals surface area contributed by atoms with Crippen LogP contribution >= 0.6 is 23.1 Å². The number of nitrogens with two attached hydrogens (primary N) is 1. The van der Waals surface area contributed by atoms with Gasteiger partial charge in [0.2, 0.25) is 5.16 Å². The SMILES string of the molecule is Cc1nnc(Sc2nc(-c3cccs3)nc3ccccc23)n1N. The van der Waals surface area contributed by atoms with Crippen LogP contribution in [0.4, 0.5) is 0 Å². The number of aryl methyl sites for hydroxylation is 1. The van der Waals surface area contributed by atoms with Gasteiger partial charge in [0, 0.05) is 5.39 Å². The van der Waals surface area contributed by atoms with Gasteiger partial charge in [-0.05, 0) is 36.2 Å². The lowest BCUT2D eigenvalue weighted by atomic mass is 10.2. The summed E-state index contributed by atoms with van der Waals surface area (Å²) in [5, 5.41) is 12.5. The highest BCUT2D eigenvalue weighted by Crippen LogP contribution is 2.32.